The van der Waals surface area contributed by atoms with E-state index in [0.717, 1.165) is 6.54 Å². The first-order valence-corrected chi connectivity index (χ1v) is 6.68. The predicted octanol–water partition coefficient (Wildman–Crippen LogP) is 2.89. The second kappa shape index (κ2) is 6.33. The van der Waals surface area contributed by atoms with Crippen molar-refractivity contribution in [1.82, 2.24) is 5.32 Å². The number of rotatable bonds is 4. The smallest absolute Gasteiger partial charge is 0.156 e. The monoisotopic (exact) mass is 214 g/mol. The Bertz CT molecular complexity index is 192. The zero-order valence-electron chi connectivity index (χ0n) is 9.55. The number of hydrogen-bond donors (Lipinski definition) is 1. The van der Waals surface area contributed by atoms with E-state index in [0.29, 0.717) is 12.0 Å². The molecule has 1 heterocycles. The van der Waals surface area contributed by atoms with Crippen LogP contribution in [-0.4, -0.2) is 23.5 Å². The zero-order valence-corrected chi connectivity index (χ0v) is 10.4. The highest BCUT2D eigenvalue weighted by Gasteiger charge is 2.15. The minimum absolute atomic E-state index is 0.659. The maximum Gasteiger partial charge on any atom is 0.156 e. The normalized spacial score (nSPS) is 27.4. The van der Waals surface area contributed by atoms with Crippen LogP contribution in [0.3, 0.4) is 0 Å². The molecule has 1 aliphatic heterocycles. The summed E-state index contributed by atoms with van der Waals surface area (Å²) < 4.78 is 0. The van der Waals surface area contributed by atoms with E-state index in [-0.39, 0.29) is 0 Å². The van der Waals surface area contributed by atoms with Gasteiger partial charge in [0.2, 0.25) is 0 Å². The van der Waals surface area contributed by atoms with Crippen molar-refractivity contribution in [2.24, 2.45) is 10.9 Å². The Morgan fingerprint density at radius 3 is 3.00 bits per heavy atom. The molecule has 2 unspecified atom stereocenters. The lowest BCUT2D eigenvalue weighted by Gasteiger charge is -2.24. The van der Waals surface area contributed by atoms with E-state index in [1.807, 2.05) is 11.8 Å². The van der Waals surface area contributed by atoms with Crippen LogP contribution in [0, 0.1) is 5.92 Å². The topological polar surface area (TPSA) is 24.4 Å². The minimum Gasteiger partial charge on any atom is -0.362 e. The van der Waals surface area contributed by atoms with Gasteiger partial charge < -0.3 is 5.32 Å². The molecule has 1 saturated heterocycles. The molecule has 0 aromatic heterocycles. The van der Waals surface area contributed by atoms with Gasteiger partial charge in [-0.1, -0.05) is 39.0 Å². The molecule has 0 bridgehead atoms. The van der Waals surface area contributed by atoms with E-state index in [2.05, 4.69) is 31.1 Å². The quantitative estimate of drug-likeness (QED) is 0.778. The number of nitrogens with zero attached hydrogens (tertiary/aromatic N) is 1. The van der Waals surface area contributed by atoms with Gasteiger partial charge in [0.15, 0.2) is 5.17 Å². The van der Waals surface area contributed by atoms with Crippen LogP contribution < -0.4 is 5.32 Å². The number of nitrogens with one attached hydrogen (secondary N) is 1. The van der Waals surface area contributed by atoms with Gasteiger partial charge in [-0.3, -0.25) is 4.99 Å². The third-order valence-corrected chi connectivity index (χ3v) is 3.73. The van der Waals surface area contributed by atoms with Crippen molar-refractivity contribution >= 4 is 16.9 Å². The molecule has 0 aromatic carbocycles. The Morgan fingerprint density at radius 1 is 1.57 bits per heavy atom. The fraction of sp³-hybridized carbons (Fsp3) is 0.909. The van der Waals surface area contributed by atoms with Crippen LogP contribution in [0.25, 0.3) is 0 Å². The van der Waals surface area contributed by atoms with Crippen molar-refractivity contribution in [2.75, 3.05) is 12.3 Å². The molecule has 1 fully saturated rings. The number of amidine groups is 1. The lowest BCUT2D eigenvalue weighted by Crippen LogP contribution is -2.37. The van der Waals surface area contributed by atoms with Crippen molar-refractivity contribution in [2.45, 2.75) is 46.1 Å². The molecule has 1 N–H and O–H groups in total. The standard InChI is InChI=1S/C11H22N2S/c1-4-9(3)8-12-11-13-10(5-2)6-7-14-11/h9-10H,4-8H2,1-3H3,(H,12,13). The van der Waals surface area contributed by atoms with Gasteiger partial charge in [-0.25, -0.2) is 0 Å². The molecule has 0 amide bonds. The van der Waals surface area contributed by atoms with Gasteiger partial charge in [-0.15, -0.1) is 0 Å². The molecule has 3 heteroatoms. The maximum absolute atomic E-state index is 4.62. The zero-order chi connectivity index (χ0) is 10.4. The average Bonchev–Trinajstić information content (AvgIpc) is 2.26. The van der Waals surface area contributed by atoms with Gasteiger partial charge in [0, 0.05) is 18.3 Å². The van der Waals surface area contributed by atoms with E-state index in [9.17, 15) is 0 Å². The molecule has 0 radical (unpaired) electrons. The molecule has 2 nitrogen and oxygen atoms in total. The summed E-state index contributed by atoms with van der Waals surface area (Å²) in [6.07, 6.45) is 3.71. The highest BCUT2D eigenvalue weighted by Crippen LogP contribution is 2.16. The Morgan fingerprint density at radius 2 is 2.36 bits per heavy atom. The van der Waals surface area contributed by atoms with Crippen molar-refractivity contribution in [1.29, 1.82) is 0 Å². The Balaban J connectivity index is 2.35. The summed E-state index contributed by atoms with van der Waals surface area (Å²) in [7, 11) is 0. The van der Waals surface area contributed by atoms with Crippen LogP contribution in [0.4, 0.5) is 0 Å². The van der Waals surface area contributed by atoms with Crippen LogP contribution in [0.15, 0.2) is 4.99 Å². The molecular formula is C11H22N2S. The molecule has 0 aromatic rings. The van der Waals surface area contributed by atoms with Crippen molar-refractivity contribution in [3.8, 4) is 0 Å². The molecule has 0 aliphatic carbocycles. The van der Waals surface area contributed by atoms with Gasteiger partial charge in [0.1, 0.15) is 0 Å². The van der Waals surface area contributed by atoms with Crippen LogP contribution in [0.1, 0.15) is 40.0 Å². The molecule has 82 valence electrons. The first kappa shape index (κ1) is 11.9. The van der Waals surface area contributed by atoms with Gasteiger partial charge in [0.25, 0.3) is 0 Å². The summed E-state index contributed by atoms with van der Waals surface area (Å²) in [5.41, 5.74) is 0. The predicted molar refractivity (Wildman–Crippen MR) is 66.0 cm³/mol. The fourth-order valence-corrected chi connectivity index (χ4v) is 2.36. The first-order valence-electron chi connectivity index (χ1n) is 5.70. The van der Waals surface area contributed by atoms with Crippen molar-refractivity contribution in [3.63, 3.8) is 0 Å². The molecule has 1 aliphatic rings. The van der Waals surface area contributed by atoms with Crippen LogP contribution in [-0.2, 0) is 0 Å². The summed E-state index contributed by atoms with van der Waals surface area (Å²) >= 11 is 1.87. The van der Waals surface area contributed by atoms with E-state index in [4.69, 9.17) is 0 Å². The second-order valence-electron chi connectivity index (χ2n) is 4.05. The second-order valence-corrected chi connectivity index (χ2v) is 5.13. The Labute approximate surface area is 92.0 Å². The lowest BCUT2D eigenvalue weighted by atomic mass is 10.1. The summed E-state index contributed by atoms with van der Waals surface area (Å²) in [6.45, 7) is 7.69. The molecule has 0 saturated carbocycles. The van der Waals surface area contributed by atoms with Gasteiger partial charge in [-0.05, 0) is 18.8 Å². The van der Waals surface area contributed by atoms with Crippen LogP contribution in [0.2, 0.25) is 0 Å². The SMILES string of the molecule is CCC(C)CN=C1NC(CC)CCS1. The minimum atomic E-state index is 0.659. The summed E-state index contributed by atoms with van der Waals surface area (Å²) in [6, 6.07) is 0.659. The Kier molecular flexibility index (Phi) is 5.38. The number of hydrogen-bond acceptors (Lipinski definition) is 2. The summed E-state index contributed by atoms with van der Waals surface area (Å²) in [5.74, 6) is 1.94. The largest absolute Gasteiger partial charge is 0.362 e. The Hall–Kier alpha value is -0.180. The summed E-state index contributed by atoms with van der Waals surface area (Å²) in [4.78, 5) is 4.62. The summed E-state index contributed by atoms with van der Waals surface area (Å²) in [5, 5.41) is 4.67. The van der Waals surface area contributed by atoms with Gasteiger partial charge in [0.05, 0.1) is 0 Å². The highest BCUT2D eigenvalue weighted by atomic mass is 32.2. The van der Waals surface area contributed by atoms with E-state index in [1.165, 1.54) is 30.2 Å². The molecule has 2 atom stereocenters. The third kappa shape index (κ3) is 3.91. The maximum atomic E-state index is 4.62. The number of aliphatic imine (C=N–C) groups is 1. The first-order chi connectivity index (χ1) is 6.76. The average molecular weight is 214 g/mol. The number of thioether (sulfide) groups is 1. The van der Waals surface area contributed by atoms with E-state index >= 15 is 0 Å². The molecule has 1 rings (SSSR count). The van der Waals surface area contributed by atoms with Gasteiger partial charge in [-0.2, -0.15) is 0 Å². The molecular weight excluding hydrogens is 192 g/mol. The van der Waals surface area contributed by atoms with E-state index < -0.39 is 0 Å². The highest BCUT2D eigenvalue weighted by molar-refractivity contribution is 8.13. The third-order valence-electron chi connectivity index (χ3n) is 2.77. The van der Waals surface area contributed by atoms with Crippen molar-refractivity contribution in [3.05, 3.63) is 0 Å². The fourth-order valence-electron chi connectivity index (χ4n) is 1.35. The van der Waals surface area contributed by atoms with Gasteiger partial charge >= 0.3 is 0 Å². The van der Waals surface area contributed by atoms with Crippen LogP contribution in [0.5, 0.6) is 0 Å². The molecule has 0 spiro atoms. The molecule has 14 heavy (non-hydrogen) atoms. The van der Waals surface area contributed by atoms with Crippen LogP contribution >= 0.6 is 11.8 Å². The lowest BCUT2D eigenvalue weighted by molar-refractivity contribution is 0.557. The van der Waals surface area contributed by atoms with Crippen molar-refractivity contribution < 1.29 is 0 Å². The van der Waals surface area contributed by atoms with E-state index in [1.54, 1.807) is 0 Å².